The number of rotatable bonds is 7. The van der Waals surface area contributed by atoms with Crippen molar-refractivity contribution in [3.8, 4) is 5.75 Å². The Bertz CT molecular complexity index is 1350. The summed E-state index contributed by atoms with van der Waals surface area (Å²) in [6.45, 7) is -0.256. The summed E-state index contributed by atoms with van der Waals surface area (Å²) >= 11 is 5.61. The molecule has 0 aliphatic carbocycles. The molecule has 6 nitrogen and oxygen atoms in total. The number of hydrogen-bond acceptors (Lipinski definition) is 4. The molecule has 35 heavy (non-hydrogen) atoms. The predicted octanol–water partition coefficient (Wildman–Crippen LogP) is 5.73. The molecule has 3 rings (SSSR count). The van der Waals surface area contributed by atoms with Gasteiger partial charge >= 0.3 is 6.18 Å². The summed E-state index contributed by atoms with van der Waals surface area (Å²) in [5.41, 5.74) is -0.714. The number of nitrogens with one attached hydrogen (secondary N) is 1. The van der Waals surface area contributed by atoms with Crippen LogP contribution in [0.15, 0.2) is 60.7 Å². The van der Waals surface area contributed by atoms with Crippen LogP contribution < -0.4 is 14.4 Å². The Kier molecular flexibility index (Phi) is 7.61. The van der Waals surface area contributed by atoms with E-state index in [1.807, 2.05) is 0 Å². The minimum Gasteiger partial charge on any atom is -0.496 e. The van der Waals surface area contributed by atoms with Gasteiger partial charge in [-0.2, -0.15) is 13.2 Å². The first-order chi connectivity index (χ1) is 16.3. The van der Waals surface area contributed by atoms with Gasteiger partial charge in [0.15, 0.2) is 0 Å². The standard InChI is InChI=1S/C23H19ClF4N2O4S/c1-34-21-10-3-14(22(31)29-17-6-9-20(24)19(12-17)23(26,27)28)11-15(21)13-30(35(2,32)33)18-7-4-16(25)5-8-18/h3-12H,13H2,1-2H3,(H,29,31). The van der Waals surface area contributed by atoms with Crippen LogP contribution in [0.3, 0.4) is 0 Å². The van der Waals surface area contributed by atoms with E-state index in [-0.39, 0.29) is 29.2 Å². The van der Waals surface area contributed by atoms with E-state index in [1.165, 1.54) is 43.5 Å². The van der Waals surface area contributed by atoms with Crippen LogP contribution in [0.4, 0.5) is 28.9 Å². The lowest BCUT2D eigenvalue weighted by Crippen LogP contribution is -2.29. The summed E-state index contributed by atoms with van der Waals surface area (Å²) in [7, 11) is -2.47. The maximum absolute atomic E-state index is 13.3. The van der Waals surface area contributed by atoms with E-state index >= 15 is 0 Å². The summed E-state index contributed by atoms with van der Waals surface area (Å²) in [5, 5.41) is 1.86. The molecule has 0 heterocycles. The van der Waals surface area contributed by atoms with Crippen LogP contribution >= 0.6 is 11.6 Å². The SMILES string of the molecule is COc1ccc(C(=O)Nc2ccc(Cl)c(C(F)(F)F)c2)cc1CN(c1ccc(F)cc1)S(C)(=O)=O. The van der Waals surface area contributed by atoms with Crippen LogP contribution in [0, 0.1) is 5.82 Å². The number of ether oxygens (including phenoxy) is 1. The van der Waals surface area contributed by atoms with Crippen LogP contribution in [0.5, 0.6) is 5.75 Å². The van der Waals surface area contributed by atoms with Crippen LogP contribution in [0.25, 0.3) is 0 Å². The van der Waals surface area contributed by atoms with E-state index < -0.39 is 38.5 Å². The van der Waals surface area contributed by atoms with Crippen LogP contribution in [0.1, 0.15) is 21.5 Å². The molecule has 0 aliphatic rings. The Balaban J connectivity index is 1.93. The summed E-state index contributed by atoms with van der Waals surface area (Å²) < 4.78 is 83.8. The number of amides is 1. The Hall–Kier alpha value is -3.31. The number of anilines is 2. The second-order valence-electron chi connectivity index (χ2n) is 7.42. The third-order valence-corrected chi connectivity index (χ3v) is 6.37. The molecule has 0 aromatic heterocycles. The molecule has 12 heteroatoms. The number of alkyl halides is 3. The third-order valence-electron chi connectivity index (χ3n) is 4.90. The van der Waals surface area contributed by atoms with Gasteiger partial charge in [-0.1, -0.05) is 11.6 Å². The van der Waals surface area contributed by atoms with Crippen molar-refractivity contribution < 1.29 is 35.5 Å². The van der Waals surface area contributed by atoms with Gasteiger partial charge in [0, 0.05) is 16.8 Å². The fraction of sp³-hybridized carbons (Fsp3) is 0.174. The zero-order chi connectivity index (χ0) is 26.0. The molecule has 1 N–H and O–H groups in total. The summed E-state index contributed by atoms with van der Waals surface area (Å²) in [5.74, 6) is -1.02. The van der Waals surface area contributed by atoms with E-state index in [9.17, 15) is 30.8 Å². The van der Waals surface area contributed by atoms with Crippen molar-refractivity contribution in [1.82, 2.24) is 0 Å². The van der Waals surface area contributed by atoms with Gasteiger partial charge in [-0.05, 0) is 60.7 Å². The molecule has 0 fully saturated rings. The van der Waals surface area contributed by atoms with Gasteiger partial charge in [-0.15, -0.1) is 0 Å². The van der Waals surface area contributed by atoms with Crippen molar-refractivity contribution in [3.05, 3.63) is 88.2 Å². The van der Waals surface area contributed by atoms with Crippen molar-refractivity contribution >= 4 is 38.9 Å². The highest BCUT2D eigenvalue weighted by Gasteiger charge is 2.33. The highest BCUT2D eigenvalue weighted by atomic mass is 35.5. The Morgan fingerprint density at radius 1 is 1.06 bits per heavy atom. The Labute approximate surface area is 204 Å². The van der Waals surface area contributed by atoms with Crippen molar-refractivity contribution in [3.63, 3.8) is 0 Å². The fourth-order valence-corrected chi connectivity index (χ4v) is 4.33. The van der Waals surface area contributed by atoms with E-state index in [1.54, 1.807) is 0 Å². The summed E-state index contributed by atoms with van der Waals surface area (Å²) in [4.78, 5) is 12.8. The molecule has 0 spiro atoms. The topological polar surface area (TPSA) is 75.7 Å². The number of sulfonamides is 1. The summed E-state index contributed by atoms with van der Waals surface area (Å²) in [6.07, 6.45) is -3.74. The molecule has 0 aliphatic heterocycles. The van der Waals surface area contributed by atoms with Crippen LogP contribution in [-0.4, -0.2) is 27.7 Å². The number of carbonyl (C=O) groups excluding carboxylic acids is 1. The number of nitrogens with zero attached hydrogens (tertiary/aromatic N) is 1. The third kappa shape index (κ3) is 6.43. The Morgan fingerprint density at radius 2 is 1.71 bits per heavy atom. The van der Waals surface area contributed by atoms with E-state index in [0.29, 0.717) is 11.6 Å². The molecule has 0 saturated heterocycles. The Morgan fingerprint density at radius 3 is 2.29 bits per heavy atom. The lowest BCUT2D eigenvalue weighted by molar-refractivity contribution is -0.137. The fourth-order valence-electron chi connectivity index (χ4n) is 3.23. The van der Waals surface area contributed by atoms with Crippen molar-refractivity contribution in [2.75, 3.05) is 23.0 Å². The largest absolute Gasteiger partial charge is 0.496 e. The minimum absolute atomic E-state index is 0.0388. The minimum atomic E-state index is -4.71. The molecule has 0 saturated carbocycles. The number of halogens is 5. The molecule has 3 aromatic carbocycles. The molecule has 0 radical (unpaired) electrons. The zero-order valence-electron chi connectivity index (χ0n) is 18.4. The highest BCUT2D eigenvalue weighted by Crippen LogP contribution is 2.36. The second-order valence-corrected chi connectivity index (χ2v) is 9.73. The molecular formula is C23H19ClF4N2O4S. The van der Waals surface area contributed by atoms with Gasteiger partial charge in [-0.3, -0.25) is 9.10 Å². The first-order valence-corrected chi connectivity index (χ1v) is 12.1. The average molecular weight is 531 g/mol. The smallest absolute Gasteiger partial charge is 0.417 e. The summed E-state index contributed by atoms with van der Waals surface area (Å²) in [6, 6.07) is 11.9. The van der Waals surface area contributed by atoms with Crippen molar-refractivity contribution in [2.45, 2.75) is 12.7 Å². The monoisotopic (exact) mass is 530 g/mol. The second kappa shape index (κ2) is 10.1. The first-order valence-electron chi connectivity index (χ1n) is 9.88. The predicted molar refractivity (Wildman–Crippen MR) is 125 cm³/mol. The van der Waals surface area contributed by atoms with Gasteiger partial charge in [0.25, 0.3) is 5.91 Å². The van der Waals surface area contributed by atoms with Crippen LogP contribution in [0.2, 0.25) is 5.02 Å². The highest BCUT2D eigenvalue weighted by molar-refractivity contribution is 7.92. The van der Waals surface area contributed by atoms with Crippen molar-refractivity contribution in [1.29, 1.82) is 0 Å². The lowest BCUT2D eigenvalue weighted by atomic mass is 10.1. The zero-order valence-corrected chi connectivity index (χ0v) is 19.9. The quantitative estimate of drug-likeness (QED) is 0.396. The molecule has 3 aromatic rings. The van der Waals surface area contributed by atoms with Crippen LogP contribution in [-0.2, 0) is 22.7 Å². The van der Waals surface area contributed by atoms with E-state index in [2.05, 4.69) is 5.32 Å². The number of carbonyl (C=O) groups is 1. The maximum atomic E-state index is 13.3. The number of hydrogen-bond donors (Lipinski definition) is 1. The first kappa shape index (κ1) is 26.3. The molecule has 0 unspecified atom stereocenters. The molecule has 1 amide bonds. The molecule has 186 valence electrons. The normalized spacial score (nSPS) is 11.7. The lowest BCUT2D eigenvalue weighted by Gasteiger charge is -2.24. The average Bonchev–Trinajstić information content (AvgIpc) is 2.77. The van der Waals surface area contributed by atoms with Gasteiger partial charge in [0.05, 0.1) is 36.2 Å². The number of methoxy groups -OCH3 is 1. The maximum Gasteiger partial charge on any atom is 0.417 e. The van der Waals surface area contributed by atoms with Gasteiger partial charge in [-0.25, -0.2) is 12.8 Å². The van der Waals surface area contributed by atoms with Crippen molar-refractivity contribution in [2.24, 2.45) is 0 Å². The van der Waals surface area contributed by atoms with Gasteiger partial charge < -0.3 is 10.1 Å². The molecule has 0 atom stereocenters. The van der Waals surface area contributed by atoms with Gasteiger partial charge in [0.1, 0.15) is 11.6 Å². The number of benzene rings is 3. The molecular weight excluding hydrogens is 512 g/mol. The van der Waals surface area contributed by atoms with E-state index in [4.69, 9.17) is 16.3 Å². The molecule has 0 bridgehead atoms. The van der Waals surface area contributed by atoms with E-state index in [0.717, 1.165) is 28.8 Å². The van der Waals surface area contributed by atoms with Gasteiger partial charge in [0.2, 0.25) is 10.0 Å².